The average Bonchev–Trinajstić information content (AvgIpc) is 1.78. The molecule has 0 spiro atoms. The fraction of sp³-hybridized carbons (Fsp3) is 0.750. The Morgan fingerprint density at radius 1 is 1.27 bits per heavy atom. The van der Waals surface area contributed by atoms with Crippen molar-refractivity contribution < 1.29 is 0 Å². The Morgan fingerprint density at radius 3 is 2.18 bits per heavy atom. The zero-order valence-corrected chi connectivity index (χ0v) is 9.59. The van der Waals surface area contributed by atoms with Crippen molar-refractivity contribution in [1.29, 1.82) is 0 Å². The minimum atomic E-state index is -1.08. The molecule has 0 aromatic carbocycles. The van der Waals surface area contributed by atoms with Gasteiger partial charge < -0.3 is 0 Å². The highest BCUT2D eigenvalue weighted by Gasteiger charge is 2.06. The summed E-state index contributed by atoms with van der Waals surface area (Å²) >= 11 is 3.37. The van der Waals surface area contributed by atoms with Crippen LogP contribution < -0.4 is 0 Å². The molecule has 62 valence electrons. The molecule has 0 heterocycles. The third-order valence-corrected chi connectivity index (χ3v) is 2.39. The summed E-state index contributed by atoms with van der Waals surface area (Å²) in [5.74, 6) is 3.21. The molecule has 3 heteroatoms. The third kappa shape index (κ3) is 13.9. The van der Waals surface area contributed by atoms with E-state index in [2.05, 4.69) is 47.0 Å². The summed E-state index contributed by atoms with van der Waals surface area (Å²) in [5.41, 5.74) is 3.32. The zero-order chi connectivity index (χ0) is 8.04. The Morgan fingerprint density at radius 2 is 1.82 bits per heavy atom. The standard InChI is InChI=1S/C8H15BrSi.Mg.2H/c1-10(2,3)8-6-4-5-7-9;;;/h4-5,7H2,1-3H3;;;. The summed E-state index contributed by atoms with van der Waals surface area (Å²) in [4.78, 5) is 0. The quantitative estimate of drug-likeness (QED) is 0.303. The first kappa shape index (κ1) is 14.5. The second-order valence-corrected chi connectivity index (χ2v) is 8.89. The Hall–Kier alpha value is 1.02. The normalized spacial score (nSPS) is 9.45. The molecule has 0 aromatic heterocycles. The van der Waals surface area contributed by atoms with Gasteiger partial charge >= 0.3 is 23.1 Å². The smallest absolute Gasteiger partial charge is 0.132 e. The number of alkyl halides is 1. The van der Waals surface area contributed by atoms with Crippen molar-refractivity contribution in [1.82, 2.24) is 0 Å². The SMILES string of the molecule is C[Si](C)(C)C#CCCCBr.[MgH2]. The van der Waals surface area contributed by atoms with Crippen LogP contribution in [0.4, 0.5) is 0 Å². The topological polar surface area (TPSA) is 0 Å². The van der Waals surface area contributed by atoms with Crippen molar-refractivity contribution in [2.24, 2.45) is 0 Å². The summed E-state index contributed by atoms with van der Waals surface area (Å²) < 4.78 is 0. The van der Waals surface area contributed by atoms with Gasteiger partial charge in [0.15, 0.2) is 0 Å². The minimum absolute atomic E-state index is 0. The summed E-state index contributed by atoms with van der Waals surface area (Å²) in [6.07, 6.45) is 2.23. The predicted octanol–water partition coefficient (Wildman–Crippen LogP) is 2.13. The molecule has 0 aromatic rings. The molecular weight excluding hydrogens is 228 g/mol. The number of hydrogen-bond donors (Lipinski definition) is 0. The van der Waals surface area contributed by atoms with Gasteiger partial charge in [0, 0.05) is 11.8 Å². The number of hydrogen-bond acceptors (Lipinski definition) is 0. The highest BCUT2D eigenvalue weighted by atomic mass is 79.9. The lowest BCUT2D eigenvalue weighted by Gasteiger charge is -2.02. The van der Waals surface area contributed by atoms with Crippen molar-refractivity contribution in [2.45, 2.75) is 32.5 Å². The van der Waals surface area contributed by atoms with E-state index in [0.717, 1.165) is 11.8 Å². The highest BCUT2D eigenvalue weighted by Crippen LogP contribution is 1.98. The minimum Gasteiger partial charge on any atom is -0.132 e. The monoisotopic (exact) mass is 244 g/mol. The van der Waals surface area contributed by atoms with Crippen LogP contribution in [-0.2, 0) is 0 Å². The van der Waals surface area contributed by atoms with Crippen molar-refractivity contribution in [3.05, 3.63) is 0 Å². The van der Waals surface area contributed by atoms with Gasteiger partial charge in [-0.2, -0.15) is 0 Å². The first-order chi connectivity index (χ1) is 4.56. The lowest BCUT2D eigenvalue weighted by molar-refractivity contribution is 1.01. The Bertz CT molecular complexity index is 140. The molecule has 0 N–H and O–H groups in total. The molecule has 0 fully saturated rings. The summed E-state index contributed by atoms with van der Waals surface area (Å²) in [6.45, 7) is 6.82. The second-order valence-electron chi connectivity index (χ2n) is 3.34. The van der Waals surface area contributed by atoms with Gasteiger partial charge in [0.25, 0.3) is 0 Å². The van der Waals surface area contributed by atoms with E-state index in [4.69, 9.17) is 0 Å². The van der Waals surface area contributed by atoms with Gasteiger partial charge in [-0.3, -0.25) is 0 Å². The van der Waals surface area contributed by atoms with E-state index in [1.54, 1.807) is 0 Å². The van der Waals surface area contributed by atoms with Crippen molar-refractivity contribution >= 4 is 47.1 Å². The molecule has 0 rings (SSSR count). The summed E-state index contributed by atoms with van der Waals surface area (Å²) in [6, 6.07) is 0. The molecule has 11 heavy (non-hydrogen) atoms. The van der Waals surface area contributed by atoms with Crippen LogP contribution in [-0.4, -0.2) is 36.5 Å². The van der Waals surface area contributed by atoms with Crippen molar-refractivity contribution in [3.8, 4) is 11.5 Å². The lowest BCUT2D eigenvalue weighted by atomic mass is 10.4. The molecule has 0 bridgehead atoms. The van der Waals surface area contributed by atoms with E-state index in [1.807, 2.05) is 0 Å². The fourth-order valence-electron chi connectivity index (χ4n) is 0.483. The molecule has 0 saturated carbocycles. The van der Waals surface area contributed by atoms with Gasteiger partial charge in [-0.25, -0.2) is 0 Å². The van der Waals surface area contributed by atoms with E-state index in [1.165, 1.54) is 6.42 Å². The molecule has 0 aliphatic heterocycles. The van der Waals surface area contributed by atoms with Crippen LogP contribution in [0.5, 0.6) is 0 Å². The van der Waals surface area contributed by atoms with Crippen LogP contribution in [0.15, 0.2) is 0 Å². The maximum atomic E-state index is 3.37. The van der Waals surface area contributed by atoms with Gasteiger partial charge in [-0.1, -0.05) is 35.6 Å². The highest BCUT2D eigenvalue weighted by molar-refractivity contribution is 9.09. The Kier molecular flexibility index (Phi) is 10.1. The number of unbranched alkanes of at least 4 members (excludes halogenated alkanes) is 1. The first-order valence-electron chi connectivity index (χ1n) is 3.62. The maximum Gasteiger partial charge on any atom is 0.316 e. The van der Waals surface area contributed by atoms with Gasteiger partial charge in [0.1, 0.15) is 8.07 Å². The molecule has 0 aliphatic carbocycles. The van der Waals surface area contributed by atoms with Crippen LogP contribution in [0.1, 0.15) is 12.8 Å². The third-order valence-electron chi connectivity index (χ3n) is 0.899. The predicted molar refractivity (Wildman–Crippen MR) is 62.7 cm³/mol. The van der Waals surface area contributed by atoms with Crippen molar-refractivity contribution in [2.75, 3.05) is 5.33 Å². The molecule has 0 unspecified atom stereocenters. The van der Waals surface area contributed by atoms with E-state index in [0.29, 0.717) is 0 Å². The summed E-state index contributed by atoms with van der Waals surface area (Å²) in [5, 5.41) is 1.08. The molecule has 0 nitrogen and oxygen atoms in total. The van der Waals surface area contributed by atoms with Gasteiger partial charge in [0.05, 0.1) is 0 Å². The van der Waals surface area contributed by atoms with E-state index in [-0.39, 0.29) is 23.1 Å². The van der Waals surface area contributed by atoms with Crippen LogP contribution >= 0.6 is 15.9 Å². The number of halogens is 1. The zero-order valence-electron chi connectivity index (χ0n) is 7.00. The van der Waals surface area contributed by atoms with Crippen molar-refractivity contribution in [3.63, 3.8) is 0 Å². The van der Waals surface area contributed by atoms with E-state index >= 15 is 0 Å². The maximum absolute atomic E-state index is 3.37. The van der Waals surface area contributed by atoms with Gasteiger partial charge in [0.2, 0.25) is 0 Å². The lowest BCUT2D eigenvalue weighted by Crippen LogP contribution is -2.16. The van der Waals surface area contributed by atoms with Crippen LogP contribution in [0.25, 0.3) is 0 Å². The van der Waals surface area contributed by atoms with Crippen LogP contribution in [0.2, 0.25) is 19.6 Å². The molecule has 0 aliphatic rings. The first-order valence-corrected chi connectivity index (χ1v) is 8.24. The van der Waals surface area contributed by atoms with E-state index in [9.17, 15) is 0 Å². The molecule has 0 atom stereocenters. The largest absolute Gasteiger partial charge is 0.316 e. The van der Waals surface area contributed by atoms with Gasteiger partial charge in [-0.05, 0) is 6.42 Å². The molecular formula is C8H17BrMgSi. The average molecular weight is 246 g/mol. The molecule has 0 amide bonds. The second kappa shape index (κ2) is 7.66. The fourth-order valence-corrected chi connectivity index (χ4v) is 1.42. The van der Waals surface area contributed by atoms with Crippen LogP contribution in [0, 0.1) is 11.5 Å². The summed E-state index contributed by atoms with van der Waals surface area (Å²) in [7, 11) is -1.08. The van der Waals surface area contributed by atoms with Gasteiger partial charge in [-0.15, -0.1) is 11.5 Å². The van der Waals surface area contributed by atoms with E-state index < -0.39 is 8.07 Å². The Balaban J connectivity index is 0. The molecule has 0 radical (unpaired) electrons. The Labute approximate surface area is 95.8 Å². The molecule has 0 saturated heterocycles. The number of rotatable bonds is 2. The van der Waals surface area contributed by atoms with Crippen LogP contribution in [0.3, 0.4) is 0 Å².